The largest absolute Gasteiger partial charge is 0.325 e. The number of piperazine rings is 1. The number of hydrogen-bond donors (Lipinski definition) is 1. The first-order valence-electron chi connectivity index (χ1n) is 6.88. The highest BCUT2D eigenvalue weighted by Crippen LogP contribution is 2.09. The molecular weight excluding hydrogens is 290 g/mol. The van der Waals surface area contributed by atoms with Gasteiger partial charge in [-0.15, -0.1) is 0 Å². The molecule has 0 aliphatic carbocycles. The van der Waals surface area contributed by atoms with Crippen molar-refractivity contribution in [1.29, 1.82) is 0 Å². The number of sulfonamides is 1. The van der Waals surface area contributed by atoms with Gasteiger partial charge in [-0.05, 0) is 19.1 Å². The number of nitrogens with zero attached hydrogens (tertiary/aromatic N) is 2. The maximum atomic E-state index is 12.0. The molecule has 1 amide bonds. The van der Waals surface area contributed by atoms with Crippen molar-refractivity contribution < 1.29 is 13.2 Å². The van der Waals surface area contributed by atoms with E-state index in [1.165, 1.54) is 10.6 Å². The van der Waals surface area contributed by atoms with Crippen molar-refractivity contribution >= 4 is 21.6 Å². The van der Waals surface area contributed by atoms with Gasteiger partial charge in [-0.25, -0.2) is 8.42 Å². The van der Waals surface area contributed by atoms with Gasteiger partial charge in [0.25, 0.3) is 0 Å². The molecule has 0 atom stereocenters. The molecule has 0 unspecified atom stereocenters. The van der Waals surface area contributed by atoms with Crippen LogP contribution in [0.2, 0.25) is 0 Å². The Hall–Kier alpha value is -1.44. The lowest BCUT2D eigenvalue weighted by Gasteiger charge is -2.32. The van der Waals surface area contributed by atoms with Gasteiger partial charge in [0.1, 0.15) is 0 Å². The maximum absolute atomic E-state index is 12.0. The summed E-state index contributed by atoms with van der Waals surface area (Å²) in [6.45, 7) is 4.31. The van der Waals surface area contributed by atoms with E-state index in [1.807, 2.05) is 36.1 Å². The lowest BCUT2D eigenvalue weighted by molar-refractivity contribution is -0.117. The third kappa shape index (κ3) is 4.80. The van der Waals surface area contributed by atoms with Crippen LogP contribution >= 0.6 is 0 Å². The standard InChI is InChI=1S/C14H21N3O3S/c1-12-3-5-13(6-4-12)15-14(18)11-16-7-9-17(10-8-16)21(2,19)20/h3-6H,7-11H2,1-2H3,(H,15,18). The molecule has 1 aromatic carbocycles. The van der Waals surface area contributed by atoms with Crippen molar-refractivity contribution in [3.05, 3.63) is 29.8 Å². The number of carbonyl (C=O) groups excluding carboxylic acids is 1. The van der Waals surface area contributed by atoms with Gasteiger partial charge in [-0.1, -0.05) is 17.7 Å². The van der Waals surface area contributed by atoms with Crippen molar-refractivity contribution in [2.24, 2.45) is 0 Å². The Kier molecular flexibility index (Phi) is 4.97. The normalized spacial score (nSPS) is 17.6. The van der Waals surface area contributed by atoms with Crippen LogP contribution in [0.4, 0.5) is 5.69 Å². The lowest BCUT2D eigenvalue weighted by Crippen LogP contribution is -2.50. The van der Waals surface area contributed by atoms with Crippen LogP contribution in [0.3, 0.4) is 0 Å². The summed E-state index contributed by atoms with van der Waals surface area (Å²) in [5, 5.41) is 2.85. The molecule has 0 saturated carbocycles. The van der Waals surface area contributed by atoms with Gasteiger partial charge < -0.3 is 5.32 Å². The number of carbonyl (C=O) groups is 1. The first-order chi connectivity index (χ1) is 9.84. The van der Waals surface area contributed by atoms with Crippen LogP contribution in [0.1, 0.15) is 5.56 Å². The third-order valence-corrected chi connectivity index (χ3v) is 4.81. The van der Waals surface area contributed by atoms with Crippen LogP contribution in [0.25, 0.3) is 0 Å². The lowest BCUT2D eigenvalue weighted by atomic mass is 10.2. The quantitative estimate of drug-likeness (QED) is 0.880. The summed E-state index contributed by atoms with van der Waals surface area (Å²) in [6, 6.07) is 7.63. The van der Waals surface area contributed by atoms with Crippen molar-refractivity contribution in [2.75, 3.05) is 44.3 Å². The molecule has 0 aromatic heterocycles. The molecular formula is C14H21N3O3S. The van der Waals surface area contributed by atoms with Crippen LogP contribution in [0.5, 0.6) is 0 Å². The van der Waals surface area contributed by atoms with E-state index < -0.39 is 10.0 Å². The van der Waals surface area contributed by atoms with Crippen LogP contribution in [0.15, 0.2) is 24.3 Å². The number of benzene rings is 1. The number of rotatable bonds is 4. The number of aryl methyl sites for hydroxylation is 1. The third-order valence-electron chi connectivity index (χ3n) is 3.50. The summed E-state index contributed by atoms with van der Waals surface area (Å²) in [5.74, 6) is -0.0772. The number of amides is 1. The second kappa shape index (κ2) is 6.55. The van der Waals surface area contributed by atoms with Crippen LogP contribution in [-0.4, -0.2) is 62.5 Å². The Bertz CT molecular complexity index is 590. The summed E-state index contributed by atoms with van der Waals surface area (Å²) in [6.07, 6.45) is 1.22. The topological polar surface area (TPSA) is 69.7 Å². The molecule has 0 spiro atoms. The van der Waals surface area contributed by atoms with Crippen molar-refractivity contribution in [3.63, 3.8) is 0 Å². The van der Waals surface area contributed by atoms with E-state index >= 15 is 0 Å². The SMILES string of the molecule is Cc1ccc(NC(=O)CN2CCN(S(C)(=O)=O)CC2)cc1. The molecule has 116 valence electrons. The van der Waals surface area contributed by atoms with E-state index in [0.29, 0.717) is 26.2 Å². The summed E-state index contributed by atoms with van der Waals surface area (Å²) < 4.78 is 24.3. The van der Waals surface area contributed by atoms with Gasteiger partial charge in [0.15, 0.2) is 0 Å². The Labute approximate surface area is 125 Å². The predicted molar refractivity (Wildman–Crippen MR) is 82.7 cm³/mol. The highest BCUT2D eigenvalue weighted by Gasteiger charge is 2.24. The number of hydrogen-bond acceptors (Lipinski definition) is 4. The highest BCUT2D eigenvalue weighted by atomic mass is 32.2. The molecule has 21 heavy (non-hydrogen) atoms. The minimum atomic E-state index is -3.12. The average molecular weight is 311 g/mol. The number of anilines is 1. The van der Waals surface area contributed by atoms with E-state index in [-0.39, 0.29) is 12.5 Å². The molecule has 1 aromatic rings. The molecule has 0 bridgehead atoms. The molecule has 6 nitrogen and oxygen atoms in total. The molecule has 1 heterocycles. The van der Waals surface area contributed by atoms with E-state index in [1.54, 1.807) is 0 Å². The first-order valence-corrected chi connectivity index (χ1v) is 8.73. The van der Waals surface area contributed by atoms with Gasteiger partial charge in [-0.2, -0.15) is 4.31 Å². The minimum Gasteiger partial charge on any atom is -0.325 e. The summed E-state index contributed by atoms with van der Waals surface area (Å²) in [7, 11) is -3.12. The molecule has 1 N–H and O–H groups in total. The van der Waals surface area contributed by atoms with Crippen molar-refractivity contribution in [3.8, 4) is 0 Å². The molecule has 7 heteroatoms. The fourth-order valence-electron chi connectivity index (χ4n) is 2.26. The summed E-state index contributed by atoms with van der Waals surface area (Å²) in [4.78, 5) is 13.9. The number of nitrogens with one attached hydrogen (secondary N) is 1. The van der Waals surface area contributed by atoms with Crippen molar-refractivity contribution in [1.82, 2.24) is 9.21 Å². The molecule has 1 aliphatic rings. The zero-order valence-corrected chi connectivity index (χ0v) is 13.2. The van der Waals surface area contributed by atoms with Crippen LogP contribution < -0.4 is 5.32 Å². The smallest absolute Gasteiger partial charge is 0.238 e. The Morgan fingerprint density at radius 3 is 2.24 bits per heavy atom. The van der Waals surface area contributed by atoms with Crippen LogP contribution in [0, 0.1) is 6.92 Å². The molecule has 2 rings (SSSR count). The monoisotopic (exact) mass is 311 g/mol. The van der Waals surface area contributed by atoms with E-state index in [0.717, 1.165) is 11.3 Å². The molecule has 0 radical (unpaired) electrons. The fourth-order valence-corrected chi connectivity index (χ4v) is 3.09. The average Bonchev–Trinajstić information content (AvgIpc) is 2.41. The zero-order valence-electron chi connectivity index (χ0n) is 12.4. The fraction of sp³-hybridized carbons (Fsp3) is 0.500. The zero-order chi connectivity index (χ0) is 15.5. The van der Waals surface area contributed by atoms with Gasteiger partial charge in [0, 0.05) is 31.9 Å². The predicted octanol–water partition coefficient (Wildman–Crippen LogP) is 0.511. The second-order valence-electron chi connectivity index (χ2n) is 5.35. The Balaban J connectivity index is 1.80. The Morgan fingerprint density at radius 2 is 1.71 bits per heavy atom. The van der Waals surface area contributed by atoms with E-state index in [4.69, 9.17) is 0 Å². The van der Waals surface area contributed by atoms with Gasteiger partial charge in [-0.3, -0.25) is 9.69 Å². The molecule has 1 saturated heterocycles. The van der Waals surface area contributed by atoms with Crippen LogP contribution in [-0.2, 0) is 14.8 Å². The summed E-state index contributed by atoms with van der Waals surface area (Å²) >= 11 is 0. The second-order valence-corrected chi connectivity index (χ2v) is 7.33. The minimum absolute atomic E-state index is 0.0772. The molecule has 1 aliphatic heterocycles. The maximum Gasteiger partial charge on any atom is 0.238 e. The first kappa shape index (κ1) is 15.9. The van der Waals surface area contributed by atoms with E-state index in [2.05, 4.69) is 5.32 Å². The van der Waals surface area contributed by atoms with Crippen molar-refractivity contribution in [2.45, 2.75) is 6.92 Å². The van der Waals surface area contributed by atoms with Gasteiger partial charge >= 0.3 is 0 Å². The van der Waals surface area contributed by atoms with Gasteiger partial charge in [0.2, 0.25) is 15.9 Å². The molecule has 1 fully saturated rings. The summed E-state index contributed by atoms with van der Waals surface area (Å²) in [5.41, 5.74) is 1.92. The Morgan fingerprint density at radius 1 is 1.14 bits per heavy atom. The highest BCUT2D eigenvalue weighted by molar-refractivity contribution is 7.88. The van der Waals surface area contributed by atoms with E-state index in [9.17, 15) is 13.2 Å². The van der Waals surface area contributed by atoms with Gasteiger partial charge in [0.05, 0.1) is 12.8 Å².